The Morgan fingerprint density at radius 3 is 2.86 bits per heavy atom. The van der Waals surface area contributed by atoms with Crippen molar-refractivity contribution in [1.82, 2.24) is 20.2 Å². The zero-order valence-corrected chi connectivity index (χ0v) is 21.2. The largest absolute Gasteiger partial charge is 0.477 e. The summed E-state index contributed by atoms with van der Waals surface area (Å²) in [5.41, 5.74) is 11.9. The Hall–Kier alpha value is -3.19. The van der Waals surface area contributed by atoms with E-state index in [2.05, 4.69) is 20.4 Å². The minimum Gasteiger partial charge on any atom is -0.477 e. The third-order valence-electron chi connectivity index (χ3n) is 5.29. The van der Waals surface area contributed by atoms with Gasteiger partial charge in [0.25, 0.3) is 11.8 Å². The maximum Gasteiger partial charge on any atom is 0.352 e. The molecule has 192 valence electrons. The summed E-state index contributed by atoms with van der Waals surface area (Å²) in [4.78, 5) is 51.9. The van der Waals surface area contributed by atoms with Gasteiger partial charge < -0.3 is 26.7 Å². The van der Waals surface area contributed by atoms with E-state index in [0.717, 1.165) is 28.0 Å². The Labute approximate surface area is 216 Å². The van der Waals surface area contributed by atoms with Crippen molar-refractivity contribution in [3.05, 3.63) is 22.3 Å². The van der Waals surface area contributed by atoms with Crippen LogP contribution in [0, 0.1) is 5.41 Å². The van der Waals surface area contributed by atoms with Crippen molar-refractivity contribution in [3.8, 4) is 0 Å². The number of anilines is 1. The lowest BCUT2D eigenvalue weighted by Gasteiger charge is -2.49. The average Bonchev–Trinajstić information content (AvgIpc) is 3.26. The van der Waals surface area contributed by atoms with Gasteiger partial charge in [0.1, 0.15) is 41.9 Å². The molecule has 0 bridgehead atoms. The van der Waals surface area contributed by atoms with Crippen LogP contribution in [0.5, 0.6) is 0 Å². The number of nitrogens with two attached hydrogens (primary N) is 3. The van der Waals surface area contributed by atoms with Gasteiger partial charge in [0.05, 0.1) is 0 Å². The summed E-state index contributed by atoms with van der Waals surface area (Å²) in [5.74, 6) is 3.90. The maximum atomic E-state index is 12.9. The minimum atomic E-state index is -1.27. The van der Waals surface area contributed by atoms with Gasteiger partial charge in [-0.1, -0.05) is 16.9 Å². The number of oxime groups is 1. The number of fused-ring (bicyclic) bond motifs is 1. The topological polar surface area (TPSA) is 239 Å². The van der Waals surface area contributed by atoms with Gasteiger partial charge in [-0.2, -0.15) is 0 Å². The van der Waals surface area contributed by atoms with E-state index in [1.165, 1.54) is 29.3 Å². The quantitative estimate of drug-likeness (QED) is 0.100. The second-order valence-electron chi connectivity index (χ2n) is 7.62. The predicted octanol–water partition coefficient (Wildman–Crippen LogP) is -1.25. The lowest BCUT2D eigenvalue weighted by atomic mass is 10.0. The number of hydrogen-bond acceptors (Lipinski definition) is 14. The smallest absolute Gasteiger partial charge is 0.352 e. The number of hydrazine groups is 1. The fourth-order valence-corrected chi connectivity index (χ4v) is 6.64. The molecule has 15 nitrogen and oxygen atoms in total. The zero-order chi connectivity index (χ0) is 26.1. The number of amides is 2. The summed E-state index contributed by atoms with van der Waals surface area (Å²) in [6.07, 6.45) is -0.410. The number of carbonyl (C=O) groups is 3. The van der Waals surface area contributed by atoms with Crippen molar-refractivity contribution < 1.29 is 24.3 Å². The van der Waals surface area contributed by atoms with E-state index in [1.807, 2.05) is 0 Å². The highest BCUT2D eigenvalue weighted by atomic mass is 32.2. The summed E-state index contributed by atoms with van der Waals surface area (Å²) < 4.78 is 0. The number of nitrogens with one attached hydrogen (secondary N) is 2. The Kier molecular flexibility index (Phi) is 7.50. The molecule has 3 atom stereocenters. The number of aromatic nitrogens is 1. The Morgan fingerprint density at radius 1 is 1.47 bits per heavy atom. The van der Waals surface area contributed by atoms with Gasteiger partial charge in [-0.3, -0.25) is 24.9 Å². The van der Waals surface area contributed by atoms with E-state index in [4.69, 9.17) is 27.6 Å². The molecular weight excluding hydrogens is 532 g/mol. The van der Waals surface area contributed by atoms with Gasteiger partial charge in [0.2, 0.25) is 0 Å². The predicted molar refractivity (Wildman–Crippen MR) is 136 cm³/mol. The fourth-order valence-electron chi connectivity index (χ4n) is 3.61. The Morgan fingerprint density at radius 2 is 2.22 bits per heavy atom. The minimum absolute atomic E-state index is 0.0745. The number of β-lactam (4-membered cyclic amide) rings is 1. The molecule has 0 radical (unpaired) electrons. The first-order chi connectivity index (χ1) is 17.1. The molecule has 4 rings (SSSR count). The molecule has 2 unspecified atom stereocenters. The van der Waals surface area contributed by atoms with Crippen molar-refractivity contribution >= 4 is 74.5 Å². The standard InChI is InChI=1S/C18H22N10O5S3/c1-33-26-10(7-5-35-17(21)23-7)13(29)25-11-14(30)27-12(16(31)32)6(3-34-15(11)27)4-36-18-24-8(19)2-9(20)28(18)22/h5,9,11,15,19H,2-4,20,22H2,1H3,(H2,21,23)(H,25,29)(H,31,32)/t9?,11?,15-/m0/s1. The third kappa shape index (κ3) is 4.89. The third-order valence-corrected chi connectivity index (χ3v) is 8.35. The summed E-state index contributed by atoms with van der Waals surface area (Å²) in [6.45, 7) is 0. The Balaban J connectivity index is 1.48. The van der Waals surface area contributed by atoms with Crippen LogP contribution in [0.1, 0.15) is 12.1 Å². The van der Waals surface area contributed by atoms with Crippen LogP contribution >= 0.6 is 34.9 Å². The normalized spacial score (nSPS) is 24.2. The maximum absolute atomic E-state index is 12.9. The van der Waals surface area contributed by atoms with E-state index in [1.54, 1.807) is 0 Å². The number of hydrogen-bond donors (Lipinski definition) is 6. The molecule has 36 heavy (non-hydrogen) atoms. The molecular formula is C18H22N10O5S3. The molecule has 3 aliphatic heterocycles. The molecule has 9 N–H and O–H groups in total. The number of thiazole rings is 1. The molecule has 0 aliphatic carbocycles. The monoisotopic (exact) mass is 554 g/mol. The number of nitrogen functional groups attached to an aromatic ring is 1. The number of aliphatic carboxylic acids is 1. The number of amidine groups is 2. The van der Waals surface area contributed by atoms with Gasteiger partial charge in [-0.15, -0.1) is 23.1 Å². The molecule has 1 aromatic heterocycles. The van der Waals surface area contributed by atoms with Crippen LogP contribution in [0.15, 0.2) is 26.8 Å². The summed E-state index contributed by atoms with van der Waals surface area (Å²) in [5, 5.41) is 26.6. The van der Waals surface area contributed by atoms with Gasteiger partial charge in [0.15, 0.2) is 16.0 Å². The number of carboxylic acids is 1. The van der Waals surface area contributed by atoms with Crippen molar-refractivity contribution in [2.45, 2.75) is 24.0 Å². The van der Waals surface area contributed by atoms with E-state index in [-0.39, 0.29) is 45.4 Å². The van der Waals surface area contributed by atoms with Crippen molar-refractivity contribution in [1.29, 1.82) is 5.41 Å². The van der Waals surface area contributed by atoms with Gasteiger partial charge in [-0.25, -0.2) is 20.6 Å². The van der Waals surface area contributed by atoms with Crippen molar-refractivity contribution in [2.75, 3.05) is 24.3 Å². The number of aliphatic imine (C=N–C) groups is 1. The molecule has 4 heterocycles. The lowest BCUT2D eigenvalue weighted by Crippen LogP contribution is -2.71. The summed E-state index contributed by atoms with van der Waals surface area (Å²) in [7, 11) is 1.26. The summed E-state index contributed by atoms with van der Waals surface area (Å²) in [6, 6.07) is -0.968. The van der Waals surface area contributed by atoms with Crippen LogP contribution in [0.2, 0.25) is 0 Å². The first-order valence-electron chi connectivity index (χ1n) is 10.2. The highest BCUT2D eigenvalue weighted by molar-refractivity contribution is 8.14. The molecule has 1 aromatic rings. The molecule has 3 aliphatic rings. The van der Waals surface area contributed by atoms with Gasteiger partial charge in [-0.05, 0) is 5.57 Å². The second kappa shape index (κ2) is 10.4. The van der Waals surface area contributed by atoms with Gasteiger partial charge >= 0.3 is 5.97 Å². The number of rotatable bonds is 7. The number of carboxylic acid groups (broad SMARTS) is 1. The van der Waals surface area contributed by atoms with Crippen molar-refractivity contribution in [2.24, 2.45) is 21.7 Å². The molecule has 0 aromatic carbocycles. The average molecular weight is 555 g/mol. The van der Waals surface area contributed by atoms with Crippen LogP contribution in [0.25, 0.3) is 0 Å². The summed E-state index contributed by atoms with van der Waals surface area (Å²) >= 11 is 3.55. The Bertz CT molecular complexity index is 1210. The second-order valence-corrected chi connectivity index (χ2v) is 10.6. The first-order valence-corrected chi connectivity index (χ1v) is 13.2. The van der Waals surface area contributed by atoms with E-state index in [0.29, 0.717) is 11.3 Å². The highest BCUT2D eigenvalue weighted by Crippen LogP contribution is 2.41. The fraction of sp³-hybridized carbons (Fsp3) is 0.389. The van der Waals surface area contributed by atoms with E-state index in [9.17, 15) is 19.5 Å². The van der Waals surface area contributed by atoms with Crippen LogP contribution < -0.4 is 22.6 Å². The molecule has 2 amide bonds. The van der Waals surface area contributed by atoms with Crippen LogP contribution in [0.4, 0.5) is 5.13 Å². The van der Waals surface area contributed by atoms with E-state index >= 15 is 0 Å². The van der Waals surface area contributed by atoms with Crippen LogP contribution in [0.3, 0.4) is 0 Å². The molecule has 0 saturated carbocycles. The van der Waals surface area contributed by atoms with Crippen LogP contribution in [-0.4, -0.2) is 90.7 Å². The van der Waals surface area contributed by atoms with Crippen LogP contribution in [-0.2, 0) is 19.2 Å². The zero-order valence-electron chi connectivity index (χ0n) is 18.7. The van der Waals surface area contributed by atoms with Crippen molar-refractivity contribution in [3.63, 3.8) is 0 Å². The SMILES string of the molecule is CON=C(C(=O)NC1C(=O)N2C(C(=O)O)=C(CSC3=NC(=N)CC(N)N3N)CS[C@@H]12)c1csc(N)n1. The number of carbonyl (C=O) groups excluding carboxylic acids is 2. The lowest BCUT2D eigenvalue weighted by molar-refractivity contribution is -0.150. The molecule has 18 heteroatoms. The number of nitrogens with zero attached hydrogens (tertiary/aromatic N) is 5. The molecule has 0 spiro atoms. The highest BCUT2D eigenvalue weighted by Gasteiger charge is 2.54. The van der Waals surface area contributed by atoms with Gasteiger partial charge in [0, 0.05) is 23.3 Å². The number of thioether (sulfide) groups is 2. The van der Waals surface area contributed by atoms with E-state index < -0.39 is 35.4 Å². The first kappa shape index (κ1) is 25.9. The molecule has 1 saturated heterocycles. The molecule has 1 fully saturated rings.